The van der Waals surface area contributed by atoms with Gasteiger partial charge in [0, 0.05) is 27.5 Å². The van der Waals surface area contributed by atoms with Gasteiger partial charge in [0.1, 0.15) is 11.2 Å². The van der Waals surface area contributed by atoms with Crippen LogP contribution in [0.3, 0.4) is 0 Å². The van der Waals surface area contributed by atoms with Crippen molar-refractivity contribution < 1.29 is 4.42 Å². The predicted molar refractivity (Wildman–Crippen MR) is 227 cm³/mol. The zero-order valence-corrected chi connectivity index (χ0v) is 29.6. The Morgan fingerprint density at radius 3 is 1.67 bits per heavy atom. The first-order valence-corrected chi connectivity index (χ1v) is 18.5. The Morgan fingerprint density at radius 1 is 0.309 bits per heavy atom. The van der Waals surface area contributed by atoms with Crippen LogP contribution in [-0.2, 0) is 0 Å². The van der Waals surface area contributed by atoms with Gasteiger partial charge < -0.3 is 4.42 Å². The highest BCUT2D eigenvalue weighted by Crippen LogP contribution is 2.43. The molecule has 0 radical (unpaired) electrons. The van der Waals surface area contributed by atoms with E-state index in [9.17, 15) is 0 Å². The minimum absolute atomic E-state index is 0.602. The van der Waals surface area contributed by atoms with Gasteiger partial charge in [0.15, 0.2) is 17.5 Å². The summed E-state index contributed by atoms with van der Waals surface area (Å²) in [6, 6.07) is 65.6. The normalized spacial score (nSPS) is 11.6. The molecular formula is C51H31N3O. The number of furan rings is 1. The molecule has 0 saturated carbocycles. The second-order valence-electron chi connectivity index (χ2n) is 13.9. The first-order valence-electron chi connectivity index (χ1n) is 18.5. The van der Waals surface area contributed by atoms with Crippen LogP contribution >= 0.6 is 0 Å². The first-order chi connectivity index (χ1) is 27.3. The molecule has 0 N–H and O–H groups in total. The third-order valence-corrected chi connectivity index (χ3v) is 10.7. The Morgan fingerprint density at radius 2 is 0.873 bits per heavy atom. The Kier molecular flexibility index (Phi) is 7.14. The van der Waals surface area contributed by atoms with E-state index in [1.54, 1.807) is 0 Å². The van der Waals surface area contributed by atoms with E-state index >= 15 is 0 Å². The molecule has 0 amide bonds. The summed E-state index contributed by atoms with van der Waals surface area (Å²) in [5, 5.41) is 9.02. The summed E-state index contributed by atoms with van der Waals surface area (Å²) in [5.74, 6) is 1.84. The maximum absolute atomic E-state index is 6.34. The second-order valence-corrected chi connectivity index (χ2v) is 13.9. The smallest absolute Gasteiger partial charge is 0.165 e. The van der Waals surface area contributed by atoms with Gasteiger partial charge in [-0.1, -0.05) is 170 Å². The largest absolute Gasteiger partial charge is 0.456 e. The van der Waals surface area contributed by atoms with Crippen molar-refractivity contribution in [2.24, 2.45) is 0 Å². The van der Waals surface area contributed by atoms with Crippen molar-refractivity contribution in [3.63, 3.8) is 0 Å². The van der Waals surface area contributed by atoms with Crippen molar-refractivity contribution in [2.75, 3.05) is 0 Å². The lowest BCUT2D eigenvalue weighted by Gasteiger charge is -2.16. The van der Waals surface area contributed by atoms with E-state index in [0.29, 0.717) is 17.5 Å². The summed E-state index contributed by atoms with van der Waals surface area (Å²) in [4.78, 5) is 16.2. The maximum Gasteiger partial charge on any atom is 0.165 e. The number of benzene rings is 9. The van der Waals surface area contributed by atoms with Crippen LogP contribution in [0.1, 0.15) is 0 Å². The predicted octanol–water partition coefficient (Wildman–Crippen LogP) is 13.6. The van der Waals surface area contributed by atoms with Gasteiger partial charge in [-0.25, -0.2) is 15.0 Å². The number of hydrogen-bond acceptors (Lipinski definition) is 4. The summed E-state index contributed by atoms with van der Waals surface area (Å²) >= 11 is 0. The summed E-state index contributed by atoms with van der Waals surface area (Å²) in [6.45, 7) is 0. The van der Waals surface area contributed by atoms with Crippen molar-refractivity contribution in [3.05, 3.63) is 188 Å². The average Bonchev–Trinajstić information content (AvgIpc) is 3.65. The van der Waals surface area contributed by atoms with Crippen LogP contribution in [0.15, 0.2) is 192 Å². The zero-order valence-electron chi connectivity index (χ0n) is 29.6. The highest BCUT2D eigenvalue weighted by atomic mass is 16.3. The monoisotopic (exact) mass is 701 g/mol. The van der Waals surface area contributed by atoms with Gasteiger partial charge in [-0.05, 0) is 72.8 Å². The van der Waals surface area contributed by atoms with Crippen LogP contribution in [0.4, 0.5) is 0 Å². The van der Waals surface area contributed by atoms with Gasteiger partial charge in [-0.3, -0.25) is 0 Å². The molecule has 0 aliphatic heterocycles. The molecule has 11 aromatic rings. The van der Waals surface area contributed by atoms with Crippen LogP contribution in [0.2, 0.25) is 0 Å². The van der Waals surface area contributed by atoms with Crippen molar-refractivity contribution in [2.45, 2.75) is 0 Å². The minimum Gasteiger partial charge on any atom is -0.456 e. The molecule has 9 aromatic carbocycles. The molecule has 4 nitrogen and oxygen atoms in total. The second kappa shape index (κ2) is 12.6. The molecule has 0 unspecified atom stereocenters. The molecule has 0 saturated heterocycles. The fourth-order valence-corrected chi connectivity index (χ4v) is 8.25. The SMILES string of the molecule is c1ccc(-c2ccccc2-c2nc(-c3ccccc3-c3cccc4oc5ccccc5c34)nc(-c3c4ccccc4cc4c3ccc3ccccc34)n2)cc1. The molecule has 2 aromatic heterocycles. The van der Waals surface area contributed by atoms with E-state index in [-0.39, 0.29) is 0 Å². The molecule has 55 heavy (non-hydrogen) atoms. The summed E-state index contributed by atoms with van der Waals surface area (Å²) < 4.78 is 6.34. The van der Waals surface area contributed by atoms with E-state index in [0.717, 1.165) is 77.0 Å². The average molecular weight is 702 g/mol. The summed E-state index contributed by atoms with van der Waals surface area (Å²) in [7, 11) is 0. The topological polar surface area (TPSA) is 51.8 Å². The van der Waals surface area contributed by atoms with Crippen LogP contribution in [0.5, 0.6) is 0 Å². The van der Waals surface area contributed by atoms with Crippen molar-refractivity contribution in [1.29, 1.82) is 0 Å². The fraction of sp³-hybridized carbons (Fsp3) is 0. The quantitative estimate of drug-likeness (QED) is 0.132. The van der Waals surface area contributed by atoms with Crippen molar-refractivity contribution >= 4 is 54.3 Å². The Balaban J connectivity index is 1.24. The minimum atomic E-state index is 0.602. The number of aromatic nitrogens is 3. The molecule has 2 heterocycles. The Bertz CT molecular complexity index is 3270. The molecule has 0 bridgehead atoms. The van der Waals surface area contributed by atoms with E-state index < -0.39 is 0 Å². The fourth-order valence-electron chi connectivity index (χ4n) is 8.25. The van der Waals surface area contributed by atoms with Gasteiger partial charge in [0.25, 0.3) is 0 Å². The molecule has 256 valence electrons. The van der Waals surface area contributed by atoms with Crippen molar-refractivity contribution in [1.82, 2.24) is 15.0 Å². The first kappa shape index (κ1) is 31.1. The summed E-state index contributed by atoms with van der Waals surface area (Å²) in [6.07, 6.45) is 0. The lowest BCUT2D eigenvalue weighted by atomic mass is 9.92. The van der Waals surface area contributed by atoms with Gasteiger partial charge in [-0.15, -0.1) is 0 Å². The van der Waals surface area contributed by atoms with Crippen LogP contribution in [-0.4, -0.2) is 15.0 Å². The van der Waals surface area contributed by atoms with E-state index in [1.807, 2.05) is 24.3 Å². The molecule has 0 fully saturated rings. The number of para-hydroxylation sites is 1. The molecule has 0 spiro atoms. The van der Waals surface area contributed by atoms with Crippen LogP contribution < -0.4 is 0 Å². The Labute approximate surface area is 317 Å². The molecule has 4 heteroatoms. The van der Waals surface area contributed by atoms with Gasteiger partial charge in [0.05, 0.1) is 0 Å². The van der Waals surface area contributed by atoms with Gasteiger partial charge in [-0.2, -0.15) is 0 Å². The van der Waals surface area contributed by atoms with Gasteiger partial charge >= 0.3 is 0 Å². The van der Waals surface area contributed by atoms with Gasteiger partial charge in [0.2, 0.25) is 0 Å². The molecule has 0 atom stereocenters. The Hall–Kier alpha value is -7.43. The van der Waals surface area contributed by atoms with E-state index in [4.69, 9.17) is 19.4 Å². The third-order valence-electron chi connectivity index (χ3n) is 10.7. The molecule has 11 rings (SSSR count). The molecule has 0 aliphatic rings. The highest BCUT2D eigenvalue weighted by Gasteiger charge is 2.22. The zero-order chi connectivity index (χ0) is 36.3. The van der Waals surface area contributed by atoms with Crippen molar-refractivity contribution in [3.8, 4) is 56.4 Å². The van der Waals surface area contributed by atoms with Crippen LogP contribution in [0, 0.1) is 0 Å². The standard InChI is InChI=1S/C51H31N3O/c1-2-15-32(16-3-1)35-19-8-10-23-41(35)49-52-50(42-24-11-9-22-38(42)39-26-14-28-46-47(39)43-25-12-13-27-45(43)55-46)54-51(53-49)48-37-21-7-5-18-34(37)31-44-36-20-6-4-17-33(36)29-30-40(44)48/h1-31H. The number of rotatable bonds is 5. The molecule has 0 aliphatic carbocycles. The molecular weight excluding hydrogens is 671 g/mol. The number of hydrogen-bond donors (Lipinski definition) is 0. The lowest BCUT2D eigenvalue weighted by molar-refractivity contribution is 0.669. The third kappa shape index (κ3) is 5.11. The summed E-state index contributed by atoms with van der Waals surface area (Å²) in [5.41, 5.74) is 8.79. The van der Waals surface area contributed by atoms with E-state index in [1.165, 1.54) is 16.2 Å². The van der Waals surface area contributed by atoms with Crippen LogP contribution in [0.25, 0.3) is 111 Å². The van der Waals surface area contributed by atoms with E-state index in [2.05, 4.69) is 164 Å². The highest BCUT2D eigenvalue weighted by molar-refractivity contribution is 6.19. The number of nitrogens with zero attached hydrogens (tertiary/aromatic N) is 3. The number of fused-ring (bicyclic) bond motifs is 7. The lowest BCUT2D eigenvalue weighted by Crippen LogP contribution is -2.03. The maximum atomic E-state index is 6.34.